The Hall–Kier alpha value is -1.62. The molecule has 0 saturated heterocycles. The van der Waals surface area contributed by atoms with E-state index in [9.17, 15) is 10.1 Å². The molecule has 0 spiro atoms. The van der Waals surface area contributed by atoms with Crippen molar-refractivity contribution >= 4 is 11.4 Å². The van der Waals surface area contributed by atoms with Crippen LogP contribution in [0.4, 0.5) is 11.4 Å². The van der Waals surface area contributed by atoms with E-state index >= 15 is 0 Å². The van der Waals surface area contributed by atoms with Gasteiger partial charge in [-0.15, -0.1) is 0 Å². The minimum Gasteiger partial charge on any atom is -0.381 e. The van der Waals surface area contributed by atoms with Gasteiger partial charge in [0.15, 0.2) is 0 Å². The van der Waals surface area contributed by atoms with Crippen molar-refractivity contribution in [3.05, 3.63) is 33.9 Å². The van der Waals surface area contributed by atoms with Crippen LogP contribution in [0.2, 0.25) is 0 Å². The molecule has 5 nitrogen and oxygen atoms in total. The van der Waals surface area contributed by atoms with Gasteiger partial charge in [-0.1, -0.05) is 6.07 Å². The first-order chi connectivity index (χ1) is 8.11. The first-order valence-electron chi connectivity index (χ1n) is 5.83. The molecule has 0 heterocycles. The minimum absolute atomic E-state index is 0.154. The highest BCUT2D eigenvalue weighted by atomic mass is 16.6. The molecule has 1 aromatic rings. The second-order valence-corrected chi connectivity index (χ2v) is 4.58. The van der Waals surface area contributed by atoms with Crippen molar-refractivity contribution in [2.24, 2.45) is 11.7 Å². The van der Waals surface area contributed by atoms with Crippen molar-refractivity contribution in [2.45, 2.75) is 25.8 Å². The number of hydrogen-bond donors (Lipinski definition) is 2. The van der Waals surface area contributed by atoms with E-state index in [-0.39, 0.29) is 16.7 Å². The standard InChI is InChI=1S/C12H17N3O2/c1-8-2-5-10(6-12(8)15(16)17)14-11(7-13)9-3-4-9/h2,5-6,9,11,14H,3-4,7,13H2,1H3. The Balaban J connectivity index is 2.15. The van der Waals surface area contributed by atoms with Crippen molar-refractivity contribution in [3.63, 3.8) is 0 Å². The van der Waals surface area contributed by atoms with Crippen molar-refractivity contribution in [3.8, 4) is 0 Å². The van der Waals surface area contributed by atoms with Gasteiger partial charge in [-0.25, -0.2) is 0 Å². The molecule has 0 aliphatic heterocycles. The van der Waals surface area contributed by atoms with Gasteiger partial charge >= 0.3 is 0 Å². The number of anilines is 1. The third kappa shape index (κ3) is 2.74. The van der Waals surface area contributed by atoms with Crippen LogP contribution in [0.1, 0.15) is 18.4 Å². The van der Waals surface area contributed by atoms with Gasteiger partial charge in [0, 0.05) is 29.9 Å². The fourth-order valence-electron chi connectivity index (χ4n) is 1.98. The summed E-state index contributed by atoms with van der Waals surface area (Å²) < 4.78 is 0. The van der Waals surface area contributed by atoms with Gasteiger partial charge in [0.2, 0.25) is 0 Å². The molecule has 0 bridgehead atoms. The fourth-order valence-corrected chi connectivity index (χ4v) is 1.98. The van der Waals surface area contributed by atoms with E-state index in [1.54, 1.807) is 19.1 Å². The topological polar surface area (TPSA) is 81.2 Å². The molecule has 0 aromatic heterocycles. The molecule has 1 unspecified atom stereocenters. The third-order valence-corrected chi connectivity index (χ3v) is 3.20. The quantitative estimate of drug-likeness (QED) is 0.604. The number of hydrogen-bond acceptors (Lipinski definition) is 4. The summed E-state index contributed by atoms with van der Waals surface area (Å²) in [4.78, 5) is 10.5. The van der Waals surface area contributed by atoms with Crippen LogP contribution < -0.4 is 11.1 Å². The maximum atomic E-state index is 10.8. The van der Waals surface area contributed by atoms with E-state index in [4.69, 9.17) is 5.73 Å². The molecule has 3 N–H and O–H groups in total. The van der Waals surface area contributed by atoms with E-state index in [0.29, 0.717) is 18.0 Å². The van der Waals surface area contributed by atoms with Crippen LogP contribution in [-0.4, -0.2) is 17.5 Å². The summed E-state index contributed by atoms with van der Waals surface area (Å²) in [5.74, 6) is 0.625. The number of aryl methyl sites for hydroxylation is 1. The lowest BCUT2D eigenvalue weighted by atomic mass is 10.1. The molecule has 0 radical (unpaired) electrons. The molecule has 2 rings (SSSR count). The number of nitrogens with two attached hydrogens (primary N) is 1. The Morgan fingerprint density at radius 2 is 2.29 bits per heavy atom. The van der Waals surface area contributed by atoms with Crippen LogP contribution in [0, 0.1) is 23.0 Å². The Morgan fingerprint density at radius 1 is 1.59 bits per heavy atom. The summed E-state index contributed by atoms with van der Waals surface area (Å²) in [7, 11) is 0. The lowest BCUT2D eigenvalue weighted by molar-refractivity contribution is -0.385. The smallest absolute Gasteiger partial charge is 0.274 e. The van der Waals surface area contributed by atoms with Crippen LogP contribution in [0.25, 0.3) is 0 Å². The zero-order chi connectivity index (χ0) is 12.4. The average molecular weight is 235 g/mol. The van der Waals surface area contributed by atoms with E-state index in [1.807, 2.05) is 6.07 Å². The van der Waals surface area contributed by atoms with E-state index < -0.39 is 0 Å². The number of rotatable bonds is 5. The molecule has 17 heavy (non-hydrogen) atoms. The van der Waals surface area contributed by atoms with E-state index in [0.717, 1.165) is 5.69 Å². The van der Waals surface area contributed by atoms with Gasteiger partial charge in [0.25, 0.3) is 5.69 Å². The summed E-state index contributed by atoms with van der Waals surface area (Å²) in [5.41, 5.74) is 7.31. The fraction of sp³-hybridized carbons (Fsp3) is 0.500. The zero-order valence-electron chi connectivity index (χ0n) is 9.85. The largest absolute Gasteiger partial charge is 0.381 e. The monoisotopic (exact) mass is 235 g/mol. The van der Waals surface area contributed by atoms with Crippen LogP contribution in [0.5, 0.6) is 0 Å². The molecule has 1 saturated carbocycles. The van der Waals surface area contributed by atoms with Crippen molar-refractivity contribution in [1.29, 1.82) is 0 Å². The van der Waals surface area contributed by atoms with Crippen molar-refractivity contribution in [2.75, 3.05) is 11.9 Å². The molecule has 5 heteroatoms. The van der Waals surface area contributed by atoms with Crippen molar-refractivity contribution < 1.29 is 4.92 Å². The molecular formula is C12H17N3O2. The van der Waals surface area contributed by atoms with Gasteiger partial charge in [-0.3, -0.25) is 10.1 Å². The molecule has 1 aliphatic carbocycles. The summed E-state index contributed by atoms with van der Waals surface area (Å²) in [5, 5.41) is 14.1. The SMILES string of the molecule is Cc1ccc(NC(CN)C2CC2)cc1[N+](=O)[O-]. The average Bonchev–Trinajstić information content (AvgIpc) is 3.11. The highest BCUT2D eigenvalue weighted by Gasteiger charge is 2.30. The number of nitrogens with zero attached hydrogens (tertiary/aromatic N) is 1. The third-order valence-electron chi connectivity index (χ3n) is 3.20. The Morgan fingerprint density at radius 3 is 2.82 bits per heavy atom. The van der Waals surface area contributed by atoms with Gasteiger partial charge in [-0.05, 0) is 31.7 Å². The lowest BCUT2D eigenvalue weighted by Crippen LogP contribution is -2.30. The van der Waals surface area contributed by atoms with Crippen LogP contribution in [0.15, 0.2) is 18.2 Å². The molecule has 0 amide bonds. The highest BCUT2D eigenvalue weighted by Crippen LogP contribution is 2.34. The predicted molar refractivity (Wildman–Crippen MR) is 67.0 cm³/mol. The van der Waals surface area contributed by atoms with Gasteiger partial charge in [0.05, 0.1) is 4.92 Å². The number of nitrogens with one attached hydrogen (secondary N) is 1. The maximum absolute atomic E-state index is 10.8. The molecule has 1 fully saturated rings. The number of nitro groups is 1. The molecule has 1 aromatic carbocycles. The lowest BCUT2D eigenvalue weighted by Gasteiger charge is -2.17. The number of nitro benzene ring substituents is 1. The van der Waals surface area contributed by atoms with E-state index in [1.165, 1.54) is 12.8 Å². The molecular weight excluding hydrogens is 218 g/mol. The second kappa shape index (κ2) is 4.71. The molecule has 1 aliphatic rings. The normalized spacial score (nSPS) is 16.6. The van der Waals surface area contributed by atoms with Crippen LogP contribution in [-0.2, 0) is 0 Å². The maximum Gasteiger partial charge on any atom is 0.274 e. The van der Waals surface area contributed by atoms with Crippen LogP contribution in [0.3, 0.4) is 0 Å². The second-order valence-electron chi connectivity index (χ2n) is 4.58. The van der Waals surface area contributed by atoms with Gasteiger partial charge < -0.3 is 11.1 Å². The van der Waals surface area contributed by atoms with Crippen molar-refractivity contribution in [1.82, 2.24) is 0 Å². The molecule has 1 atom stereocenters. The summed E-state index contributed by atoms with van der Waals surface area (Å²) >= 11 is 0. The Bertz CT molecular complexity index is 430. The first-order valence-corrected chi connectivity index (χ1v) is 5.83. The minimum atomic E-state index is -0.352. The summed E-state index contributed by atoms with van der Waals surface area (Å²) in [6, 6.07) is 5.45. The Kier molecular flexibility index (Phi) is 3.28. The predicted octanol–water partition coefficient (Wildman–Crippen LogP) is 2.05. The van der Waals surface area contributed by atoms with Gasteiger partial charge in [0.1, 0.15) is 0 Å². The van der Waals surface area contributed by atoms with E-state index in [2.05, 4.69) is 5.32 Å². The molecule has 92 valence electrons. The summed E-state index contributed by atoms with van der Waals surface area (Å²) in [6.07, 6.45) is 2.39. The summed E-state index contributed by atoms with van der Waals surface area (Å²) in [6.45, 7) is 2.30. The Labute approximate surface area is 100 Å². The van der Waals surface area contributed by atoms with Gasteiger partial charge in [-0.2, -0.15) is 0 Å². The first kappa shape index (κ1) is 11.9. The zero-order valence-corrected chi connectivity index (χ0v) is 9.85. The van der Waals surface area contributed by atoms with Crippen LogP contribution >= 0.6 is 0 Å². The highest BCUT2D eigenvalue weighted by molar-refractivity contribution is 5.55. The number of benzene rings is 1.